The number of ether oxygens (including phenoxy) is 1. The van der Waals surface area contributed by atoms with Crippen LogP contribution in [0.2, 0.25) is 0 Å². The predicted octanol–water partition coefficient (Wildman–Crippen LogP) is 4.30. The van der Waals surface area contributed by atoms with Crippen molar-refractivity contribution in [1.29, 1.82) is 0 Å². The van der Waals surface area contributed by atoms with Crippen molar-refractivity contribution in [2.45, 2.75) is 37.6 Å². The van der Waals surface area contributed by atoms with Crippen molar-refractivity contribution in [3.63, 3.8) is 0 Å². The largest absolute Gasteiger partial charge is 0.469 e. The van der Waals surface area contributed by atoms with E-state index < -0.39 is 47.6 Å². The summed E-state index contributed by atoms with van der Waals surface area (Å²) in [5, 5.41) is 0. The molecule has 35 heavy (non-hydrogen) atoms. The van der Waals surface area contributed by atoms with Crippen molar-refractivity contribution in [3.05, 3.63) is 65.9 Å². The fraction of sp³-hybridized carbons (Fsp3) is 0.348. The molecule has 2 aliphatic heterocycles. The molecule has 0 radical (unpaired) electrons. The van der Waals surface area contributed by atoms with Crippen LogP contribution >= 0.6 is 0 Å². The normalized spacial score (nSPS) is 21.7. The lowest BCUT2D eigenvalue weighted by Gasteiger charge is -2.49. The van der Waals surface area contributed by atoms with Crippen molar-refractivity contribution >= 4 is 5.91 Å². The minimum absolute atomic E-state index is 0.0115. The van der Waals surface area contributed by atoms with Crippen molar-refractivity contribution in [3.8, 4) is 17.3 Å². The standard InChI is InChI=1S/C23H18F5N5O2/c24-14-4-1-3-13(20-29-7-2-8-30-20)18(14)22(34)33-11-12-5-6-15(33)16(9-12)35-21-19(25)32-17(10-31-21)23(26,27)28/h1-4,7-8,10,12,15-16H,5-6,9,11H2. The molecule has 0 spiro atoms. The van der Waals surface area contributed by atoms with Crippen LogP contribution in [0.5, 0.6) is 5.88 Å². The number of amides is 1. The zero-order chi connectivity index (χ0) is 24.7. The summed E-state index contributed by atoms with van der Waals surface area (Å²) in [5.74, 6) is -3.31. The molecule has 6 rings (SSSR count). The molecule has 0 N–H and O–H groups in total. The van der Waals surface area contributed by atoms with Gasteiger partial charge < -0.3 is 9.64 Å². The Labute approximate surface area is 196 Å². The number of carbonyl (C=O) groups excluding carboxylic acids is 1. The third-order valence-corrected chi connectivity index (χ3v) is 6.27. The predicted molar refractivity (Wildman–Crippen MR) is 111 cm³/mol. The summed E-state index contributed by atoms with van der Waals surface area (Å²) >= 11 is 0. The fourth-order valence-corrected chi connectivity index (χ4v) is 4.72. The lowest BCUT2D eigenvalue weighted by Crippen LogP contribution is -2.59. The van der Waals surface area contributed by atoms with Crippen LogP contribution < -0.4 is 4.74 Å². The van der Waals surface area contributed by atoms with Crippen molar-refractivity contribution < 1.29 is 31.5 Å². The Balaban J connectivity index is 1.43. The first kappa shape index (κ1) is 23.1. The highest BCUT2D eigenvalue weighted by molar-refractivity contribution is 6.00. The number of rotatable bonds is 4. The molecule has 1 aliphatic carbocycles. The first-order valence-corrected chi connectivity index (χ1v) is 10.9. The second-order valence-electron chi connectivity index (χ2n) is 8.44. The summed E-state index contributed by atoms with van der Waals surface area (Å²) < 4.78 is 73.1. The van der Waals surface area contributed by atoms with Crippen LogP contribution in [0, 0.1) is 17.7 Å². The topological polar surface area (TPSA) is 81.1 Å². The first-order valence-electron chi connectivity index (χ1n) is 10.9. The summed E-state index contributed by atoms with van der Waals surface area (Å²) in [5.41, 5.74) is -1.43. The van der Waals surface area contributed by atoms with Crippen LogP contribution in [0.4, 0.5) is 22.0 Å². The van der Waals surface area contributed by atoms with Crippen LogP contribution in [0.3, 0.4) is 0 Å². The molecule has 7 nitrogen and oxygen atoms in total. The molecule has 12 heteroatoms. The summed E-state index contributed by atoms with van der Waals surface area (Å²) in [6.45, 7) is 0.341. The van der Waals surface area contributed by atoms with Gasteiger partial charge in [-0.3, -0.25) is 4.79 Å². The molecule has 3 aromatic rings. The number of carbonyl (C=O) groups is 1. The monoisotopic (exact) mass is 491 g/mol. The maximum atomic E-state index is 14.9. The van der Waals surface area contributed by atoms with Gasteiger partial charge in [-0.15, -0.1) is 0 Å². The Bertz CT molecular complexity index is 1260. The maximum absolute atomic E-state index is 14.9. The average molecular weight is 491 g/mol. The number of nitrogens with zero attached hydrogens (tertiary/aromatic N) is 5. The Morgan fingerprint density at radius 3 is 2.51 bits per heavy atom. The van der Waals surface area contributed by atoms with Gasteiger partial charge >= 0.3 is 6.18 Å². The van der Waals surface area contributed by atoms with Crippen LogP contribution in [0.15, 0.2) is 42.9 Å². The molecule has 2 saturated heterocycles. The number of piperidine rings is 2. The maximum Gasteiger partial charge on any atom is 0.435 e. The van der Waals surface area contributed by atoms with Crippen LogP contribution in [0.1, 0.15) is 35.3 Å². The van der Waals surface area contributed by atoms with Gasteiger partial charge in [-0.1, -0.05) is 12.1 Å². The number of fused-ring (bicyclic) bond motifs is 3. The lowest BCUT2D eigenvalue weighted by atomic mass is 9.77. The number of benzene rings is 1. The third-order valence-electron chi connectivity index (χ3n) is 6.27. The van der Waals surface area contributed by atoms with Gasteiger partial charge in [-0.2, -0.15) is 17.6 Å². The number of hydrogen-bond acceptors (Lipinski definition) is 6. The first-order chi connectivity index (χ1) is 16.7. The van der Waals surface area contributed by atoms with Gasteiger partial charge in [0.05, 0.1) is 17.8 Å². The van der Waals surface area contributed by atoms with Crippen molar-refractivity contribution in [2.24, 2.45) is 5.92 Å². The highest BCUT2D eigenvalue weighted by atomic mass is 19.4. The van der Waals surface area contributed by atoms with Gasteiger partial charge in [0.2, 0.25) is 0 Å². The SMILES string of the molecule is O=C(c1c(F)cccc1-c1ncccn1)N1CC2CCC1C(Oc1ncc(C(F)(F)F)nc1F)C2. The van der Waals surface area contributed by atoms with E-state index in [1.807, 2.05) is 0 Å². The van der Waals surface area contributed by atoms with Gasteiger partial charge in [0.25, 0.3) is 17.7 Å². The van der Waals surface area contributed by atoms with Gasteiger partial charge in [0.15, 0.2) is 11.5 Å². The minimum Gasteiger partial charge on any atom is -0.469 e. The zero-order valence-corrected chi connectivity index (χ0v) is 18.0. The van der Waals surface area contributed by atoms with Crippen LogP contribution in [-0.2, 0) is 6.18 Å². The third kappa shape index (κ3) is 4.40. The highest BCUT2D eigenvalue weighted by Crippen LogP contribution is 2.39. The molecule has 1 aromatic carbocycles. The smallest absolute Gasteiger partial charge is 0.435 e. The van der Waals surface area contributed by atoms with E-state index in [-0.39, 0.29) is 22.9 Å². The van der Waals surface area contributed by atoms with E-state index in [1.54, 1.807) is 12.1 Å². The number of alkyl halides is 3. The number of hydrogen-bond donors (Lipinski definition) is 0. The quantitative estimate of drug-likeness (QED) is 0.507. The molecular weight excluding hydrogens is 473 g/mol. The van der Waals surface area contributed by atoms with E-state index in [0.717, 1.165) is 6.42 Å². The zero-order valence-electron chi connectivity index (χ0n) is 18.0. The summed E-state index contributed by atoms with van der Waals surface area (Å²) in [4.78, 5) is 29.7. The van der Waals surface area contributed by atoms with Crippen LogP contribution in [-0.4, -0.2) is 49.4 Å². The second-order valence-corrected chi connectivity index (χ2v) is 8.44. The number of halogens is 5. The van der Waals surface area contributed by atoms with E-state index in [2.05, 4.69) is 19.9 Å². The molecule has 4 heterocycles. The van der Waals surface area contributed by atoms with Gasteiger partial charge in [0.1, 0.15) is 11.9 Å². The molecular formula is C23H18F5N5O2. The van der Waals surface area contributed by atoms with E-state index in [9.17, 15) is 26.7 Å². The van der Waals surface area contributed by atoms with Gasteiger partial charge in [0, 0.05) is 24.5 Å². The summed E-state index contributed by atoms with van der Waals surface area (Å²) in [6.07, 6.45) is -0.503. The van der Waals surface area contributed by atoms with Gasteiger partial charge in [-0.05, 0) is 37.3 Å². The Kier molecular flexibility index (Phi) is 5.81. The highest BCUT2D eigenvalue weighted by Gasteiger charge is 2.46. The van der Waals surface area contributed by atoms with Crippen molar-refractivity contribution in [2.75, 3.05) is 6.54 Å². The molecule has 3 fully saturated rings. The van der Waals surface area contributed by atoms with Crippen LogP contribution in [0.25, 0.3) is 11.4 Å². The molecule has 3 unspecified atom stereocenters. The average Bonchev–Trinajstić information content (AvgIpc) is 2.85. The second kappa shape index (κ2) is 8.82. The molecule has 3 atom stereocenters. The molecule has 1 saturated carbocycles. The lowest BCUT2D eigenvalue weighted by molar-refractivity contribution is -0.142. The van der Waals surface area contributed by atoms with E-state index in [1.165, 1.54) is 29.4 Å². The summed E-state index contributed by atoms with van der Waals surface area (Å²) in [7, 11) is 0. The van der Waals surface area contributed by atoms with Crippen molar-refractivity contribution in [1.82, 2.24) is 24.8 Å². The Morgan fingerprint density at radius 2 is 1.83 bits per heavy atom. The summed E-state index contributed by atoms with van der Waals surface area (Å²) in [6, 6.07) is 5.22. The van der Waals surface area contributed by atoms with E-state index >= 15 is 0 Å². The molecule has 3 aliphatic rings. The van der Waals surface area contributed by atoms with E-state index in [4.69, 9.17) is 4.74 Å². The molecule has 1 amide bonds. The number of aromatic nitrogens is 4. The fourth-order valence-electron chi connectivity index (χ4n) is 4.72. The molecule has 182 valence electrons. The molecule has 2 bridgehead atoms. The van der Waals surface area contributed by atoms with E-state index in [0.29, 0.717) is 25.6 Å². The minimum atomic E-state index is -4.85. The van der Waals surface area contributed by atoms with Gasteiger partial charge in [-0.25, -0.2) is 24.3 Å². The Hall–Kier alpha value is -3.70. The molecule has 2 aromatic heterocycles. The Morgan fingerprint density at radius 1 is 1.06 bits per heavy atom.